The molecule has 1 rings (SSSR count). The molecular weight excluding hydrogens is 252 g/mol. The van der Waals surface area contributed by atoms with E-state index in [0.717, 1.165) is 11.3 Å². The highest BCUT2D eigenvalue weighted by Crippen LogP contribution is 2.18. The molecule has 20 heavy (non-hydrogen) atoms. The molecule has 0 radical (unpaired) electrons. The summed E-state index contributed by atoms with van der Waals surface area (Å²) < 4.78 is 7.01. The molecule has 0 atom stereocenters. The molecule has 0 fully saturated rings. The van der Waals surface area contributed by atoms with Crippen molar-refractivity contribution in [3.8, 4) is 0 Å². The highest BCUT2D eigenvalue weighted by molar-refractivity contribution is 5.81. The normalized spacial score (nSPS) is 12.0. The van der Waals surface area contributed by atoms with E-state index in [-0.39, 0.29) is 5.95 Å². The molecule has 0 aliphatic rings. The van der Waals surface area contributed by atoms with Gasteiger partial charge in [0, 0.05) is 13.1 Å². The Hall–Kier alpha value is -2.23. The van der Waals surface area contributed by atoms with E-state index in [1.807, 2.05) is 80.2 Å². The summed E-state index contributed by atoms with van der Waals surface area (Å²) in [5, 5.41) is 9.64. The highest BCUT2D eigenvalue weighted by Gasteiger charge is 2.07. The predicted molar refractivity (Wildman–Crippen MR) is 82.7 cm³/mol. The minimum absolute atomic E-state index is 0.0957. The number of rotatable bonds is 6. The minimum Gasteiger partial charge on any atom is -0.480 e. The zero-order valence-corrected chi connectivity index (χ0v) is 12.6. The van der Waals surface area contributed by atoms with Crippen LogP contribution in [0.5, 0.6) is 0 Å². The van der Waals surface area contributed by atoms with Crippen molar-refractivity contribution in [3.63, 3.8) is 0 Å². The molecule has 0 aromatic heterocycles. The Labute approximate surface area is 120 Å². The molecule has 108 valence electrons. The fourth-order valence-corrected chi connectivity index (χ4v) is 1.67. The predicted octanol–water partition coefficient (Wildman–Crippen LogP) is 2.70. The topological polar surface area (TPSA) is 35.7 Å². The number of hydrogen-bond donors (Lipinski definition) is 1. The maximum atomic E-state index is 9.64. The van der Waals surface area contributed by atoms with E-state index in [9.17, 15) is 5.11 Å². The monoisotopic (exact) mass is 275 g/mol. The van der Waals surface area contributed by atoms with E-state index >= 15 is 0 Å². The quantitative estimate of drug-likeness (QED) is 0.492. The van der Waals surface area contributed by atoms with E-state index in [1.165, 1.54) is 0 Å². The lowest BCUT2D eigenvalue weighted by molar-refractivity contribution is -0.458. The molecule has 0 aliphatic carbocycles. The Morgan fingerprint density at radius 3 is 2.50 bits per heavy atom. The van der Waals surface area contributed by atoms with E-state index < -0.39 is 0 Å². The van der Waals surface area contributed by atoms with Gasteiger partial charge in [0.15, 0.2) is 6.21 Å². The summed E-state index contributed by atoms with van der Waals surface area (Å²) in [6, 6.07) is 10.00. The number of benzene rings is 1. The molecule has 4 nitrogen and oxygen atoms in total. The van der Waals surface area contributed by atoms with E-state index in [1.54, 1.807) is 6.20 Å². The van der Waals surface area contributed by atoms with Crippen molar-refractivity contribution >= 4 is 11.9 Å². The Morgan fingerprint density at radius 1 is 1.30 bits per heavy atom. The smallest absolute Gasteiger partial charge is 0.293 e. The number of nitrogens with zero attached hydrogens (tertiary/aromatic N) is 2. The molecule has 1 aromatic rings. The lowest BCUT2D eigenvalue weighted by Gasteiger charge is -2.18. The van der Waals surface area contributed by atoms with Gasteiger partial charge in [0.1, 0.15) is 14.1 Å². The van der Waals surface area contributed by atoms with Gasteiger partial charge in [0.05, 0.1) is 18.5 Å². The van der Waals surface area contributed by atoms with Crippen LogP contribution < -0.4 is 0 Å². The molecule has 0 aliphatic heterocycles. The second-order valence-corrected chi connectivity index (χ2v) is 4.54. The fraction of sp³-hybridized carbons (Fsp3) is 0.312. The van der Waals surface area contributed by atoms with E-state index in [4.69, 9.17) is 4.74 Å². The summed E-state index contributed by atoms with van der Waals surface area (Å²) in [5.41, 5.74) is 2.03. The first-order valence-corrected chi connectivity index (χ1v) is 6.58. The van der Waals surface area contributed by atoms with Gasteiger partial charge in [0.25, 0.3) is 5.95 Å². The van der Waals surface area contributed by atoms with Crippen LogP contribution in [0.15, 0.2) is 48.6 Å². The summed E-state index contributed by atoms with van der Waals surface area (Å²) in [7, 11) is 5.80. The standard InChI is InChI=1S/C16H22N2O2/c1-5-20-16(19)13-18(4)15(11-12-17(2)3)14-9-7-6-8-10-14/h6-13H,5H2,1-4H3/p+1/b16-13+. The third-order valence-corrected chi connectivity index (χ3v) is 2.58. The Kier molecular flexibility index (Phi) is 6.37. The van der Waals surface area contributed by atoms with Crippen molar-refractivity contribution in [2.45, 2.75) is 6.92 Å². The Morgan fingerprint density at radius 2 is 1.95 bits per heavy atom. The summed E-state index contributed by atoms with van der Waals surface area (Å²) in [6.07, 6.45) is 5.52. The second-order valence-electron chi connectivity index (χ2n) is 4.54. The molecule has 0 spiro atoms. The third-order valence-electron chi connectivity index (χ3n) is 2.58. The first kappa shape index (κ1) is 15.8. The van der Waals surface area contributed by atoms with Crippen LogP contribution in [0.1, 0.15) is 12.5 Å². The SMILES string of the molecule is CCO/C(O)=C/N(C)/C(=C\C=[N+](C)C)c1ccccc1. The Bertz CT molecular complexity index is 500. The lowest BCUT2D eigenvalue weighted by atomic mass is 10.1. The maximum Gasteiger partial charge on any atom is 0.293 e. The number of aliphatic hydroxyl groups is 1. The number of ether oxygens (including phenoxy) is 1. The first-order valence-electron chi connectivity index (χ1n) is 6.58. The van der Waals surface area contributed by atoms with Crippen molar-refractivity contribution < 1.29 is 14.4 Å². The highest BCUT2D eigenvalue weighted by atomic mass is 16.6. The van der Waals surface area contributed by atoms with Crippen molar-refractivity contribution in [2.24, 2.45) is 0 Å². The molecule has 0 saturated heterocycles. The zero-order chi connectivity index (χ0) is 15.0. The van der Waals surface area contributed by atoms with Crippen LogP contribution in [0.4, 0.5) is 0 Å². The first-order chi connectivity index (χ1) is 9.54. The van der Waals surface area contributed by atoms with Crippen LogP contribution >= 0.6 is 0 Å². The van der Waals surface area contributed by atoms with Crippen LogP contribution in [0.25, 0.3) is 5.70 Å². The fourth-order valence-electron chi connectivity index (χ4n) is 1.67. The molecule has 0 saturated carbocycles. The molecule has 0 bridgehead atoms. The van der Waals surface area contributed by atoms with Crippen LogP contribution in [0, 0.1) is 0 Å². The minimum atomic E-state index is -0.0957. The molecule has 0 unspecified atom stereocenters. The summed E-state index contributed by atoms with van der Waals surface area (Å²) in [5.74, 6) is -0.0957. The van der Waals surface area contributed by atoms with Crippen molar-refractivity contribution in [1.82, 2.24) is 4.90 Å². The summed E-state index contributed by atoms with van der Waals surface area (Å²) in [6.45, 7) is 2.27. The van der Waals surface area contributed by atoms with Gasteiger partial charge in [-0.2, -0.15) is 0 Å². The number of allylic oxidation sites excluding steroid dienone is 1. The molecular formula is C16H23N2O2+. The average Bonchev–Trinajstić information content (AvgIpc) is 2.40. The van der Waals surface area contributed by atoms with Crippen LogP contribution in [0.3, 0.4) is 0 Å². The van der Waals surface area contributed by atoms with Gasteiger partial charge in [-0.05, 0) is 12.5 Å². The van der Waals surface area contributed by atoms with Crippen molar-refractivity contribution in [1.29, 1.82) is 0 Å². The number of hydrogen-bond acceptors (Lipinski definition) is 3. The van der Waals surface area contributed by atoms with Gasteiger partial charge in [-0.1, -0.05) is 30.3 Å². The van der Waals surface area contributed by atoms with Gasteiger partial charge in [0.2, 0.25) is 0 Å². The molecule has 1 N–H and O–H groups in total. The van der Waals surface area contributed by atoms with Crippen LogP contribution in [-0.4, -0.2) is 48.5 Å². The molecule has 0 heterocycles. The third kappa shape index (κ3) is 5.18. The van der Waals surface area contributed by atoms with E-state index in [2.05, 4.69) is 0 Å². The molecule has 1 aromatic carbocycles. The molecule has 0 amide bonds. The second kappa shape index (κ2) is 8.04. The number of aliphatic hydroxyl groups excluding tert-OH is 1. The Balaban J connectivity index is 3.09. The lowest BCUT2D eigenvalue weighted by Crippen LogP contribution is -2.12. The summed E-state index contributed by atoms with van der Waals surface area (Å²) >= 11 is 0. The largest absolute Gasteiger partial charge is 0.480 e. The van der Waals surface area contributed by atoms with Crippen molar-refractivity contribution in [3.05, 3.63) is 54.1 Å². The van der Waals surface area contributed by atoms with Gasteiger partial charge < -0.3 is 14.7 Å². The van der Waals surface area contributed by atoms with Gasteiger partial charge >= 0.3 is 0 Å². The van der Waals surface area contributed by atoms with Gasteiger partial charge in [-0.15, -0.1) is 0 Å². The van der Waals surface area contributed by atoms with Crippen molar-refractivity contribution in [2.75, 3.05) is 27.7 Å². The van der Waals surface area contributed by atoms with Gasteiger partial charge in [-0.25, -0.2) is 4.58 Å². The van der Waals surface area contributed by atoms with Crippen LogP contribution in [-0.2, 0) is 4.74 Å². The average molecular weight is 275 g/mol. The van der Waals surface area contributed by atoms with Gasteiger partial charge in [-0.3, -0.25) is 0 Å². The molecule has 4 heteroatoms. The van der Waals surface area contributed by atoms with Crippen LogP contribution in [0.2, 0.25) is 0 Å². The van der Waals surface area contributed by atoms with E-state index in [0.29, 0.717) is 6.61 Å². The zero-order valence-electron chi connectivity index (χ0n) is 12.6. The summed E-state index contributed by atoms with van der Waals surface area (Å²) in [4.78, 5) is 1.83. The maximum absolute atomic E-state index is 9.64.